The number of aliphatic hydroxyl groups is 2. The van der Waals surface area contributed by atoms with Crippen molar-refractivity contribution in [1.82, 2.24) is 9.97 Å². The van der Waals surface area contributed by atoms with Crippen molar-refractivity contribution in [2.45, 2.75) is 50.7 Å². The van der Waals surface area contributed by atoms with Crippen LogP contribution in [-0.4, -0.2) is 25.8 Å². The molecule has 2 rings (SSSR count). The third-order valence-corrected chi connectivity index (χ3v) is 3.32. The number of aliphatic hydroxyl groups excluding tert-OH is 1. The predicted octanol–water partition coefficient (Wildman–Crippen LogP) is 1.38. The molecule has 0 aliphatic heterocycles. The lowest BCUT2D eigenvalue weighted by atomic mass is 9.79. The lowest BCUT2D eigenvalue weighted by Crippen LogP contribution is -2.30. The first-order chi connectivity index (χ1) is 7.61. The highest BCUT2D eigenvalue weighted by Gasteiger charge is 2.30. The van der Waals surface area contributed by atoms with Gasteiger partial charge in [-0.1, -0.05) is 0 Å². The Morgan fingerprint density at radius 1 is 1.44 bits per heavy atom. The second kappa shape index (κ2) is 4.47. The molecule has 1 saturated carbocycles. The number of nitrogens with zero attached hydrogens (tertiary/aromatic N) is 2. The molecule has 0 bridgehead atoms. The minimum atomic E-state index is -0.523. The van der Waals surface area contributed by atoms with Crippen LogP contribution in [0.3, 0.4) is 0 Å². The zero-order valence-corrected chi connectivity index (χ0v) is 9.56. The largest absolute Gasteiger partial charge is 0.390 e. The summed E-state index contributed by atoms with van der Waals surface area (Å²) in [5, 5.41) is 18.9. The van der Waals surface area contributed by atoms with Gasteiger partial charge >= 0.3 is 0 Å². The van der Waals surface area contributed by atoms with Crippen LogP contribution in [-0.2, 0) is 6.61 Å². The molecule has 0 atom stereocenters. The summed E-state index contributed by atoms with van der Waals surface area (Å²) >= 11 is 0. The van der Waals surface area contributed by atoms with Gasteiger partial charge in [0.05, 0.1) is 17.9 Å². The van der Waals surface area contributed by atoms with E-state index in [1.54, 1.807) is 12.3 Å². The first-order valence-electron chi connectivity index (χ1n) is 5.76. The Hall–Kier alpha value is -1.00. The fourth-order valence-electron chi connectivity index (χ4n) is 2.20. The highest BCUT2D eigenvalue weighted by Crippen LogP contribution is 2.36. The lowest BCUT2D eigenvalue weighted by Gasteiger charge is -2.32. The van der Waals surface area contributed by atoms with Crippen LogP contribution >= 0.6 is 0 Å². The van der Waals surface area contributed by atoms with Gasteiger partial charge in [0.25, 0.3) is 0 Å². The Balaban J connectivity index is 2.08. The van der Waals surface area contributed by atoms with E-state index in [9.17, 15) is 5.11 Å². The third kappa shape index (κ3) is 2.57. The van der Waals surface area contributed by atoms with Crippen molar-refractivity contribution in [1.29, 1.82) is 0 Å². The van der Waals surface area contributed by atoms with Crippen molar-refractivity contribution in [2.24, 2.45) is 0 Å². The van der Waals surface area contributed by atoms with E-state index in [-0.39, 0.29) is 6.61 Å². The number of hydrogen-bond donors (Lipinski definition) is 2. The second-order valence-electron chi connectivity index (χ2n) is 4.84. The molecule has 0 saturated heterocycles. The van der Waals surface area contributed by atoms with Crippen LogP contribution in [0.25, 0.3) is 0 Å². The molecule has 4 nitrogen and oxygen atoms in total. The van der Waals surface area contributed by atoms with Crippen LogP contribution in [0, 0.1) is 0 Å². The molecule has 1 aromatic heterocycles. The molecule has 1 heterocycles. The minimum absolute atomic E-state index is 0.0417. The Kier molecular flexibility index (Phi) is 3.21. The van der Waals surface area contributed by atoms with Gasteiger partial charge in [-0.2, -0.15) is 0 Å². The standard InChI is InChI=1S/C12H18N2O2/c1-12(16)5-2-9(3-6-12)11-13-7-4-10(8-15)14-11/h4,7,9,15-16H,2-3,5-6,8H2,1H3. The molecule has 16 heavy (non-hydrogen) atoms. The zero-order valence-electron chi connectivity index (χ0n) is 9.56. The highest BCUT2D eigenvalue weighted by atomic mass is 16.3. The quantitative estimate of drug-likeness (QED) is 0.793. The van der Waals surface area contributed by atoms with Gasteiger partial charge in [0, 0.05) is 12.1 Å². The van der Waals surface area contributed by atoms with Crippen LogP contribution < -0.4 is 0 Å². The summed E-state index contributed by atoms with van der Waals surface area (Å²) in [6.45, 7) is 1.84. The zero-order chi connectivity index (χ0) is 11.6. The van der Waals surface area contributed by atoms with Gasteiger partial charge in [0.15, 0.2) is 0 Å². The Morgan fingerprint density at radius 3 is 2.75 bits per heavy atom. The molecule has 1 fully saturated rings. The van der Waals surface area contributed by atoms with E-state index in [1.807, 2.05) is 6.92 Å². The minimum Gasteiger partial charge on any atom is -0.390 e. The summed E-state index contributed by atoms with van der Waals surface area (Å²) in [6.07, 6.45) is 5.12. The second-order valence-corrected chi connectivity index (χ2v) is 4.84. The van der Waals surface area contributed by atoms with Crippen molar-refractivity contribution >= 4 is 0 Å². The lowest BCUT2D eigenvalue weighted by molar-refractivity contribution is 0.0164. The van der Waals surface area contributed by atoms with Crippen LogP contribution in [0.2, 0.25) is 0 Å². The Morgan fingerprint density at radius 2 is 2.12 bits per heavy atom. The van der Waals surface area contributed by atoms with Gasteiger partial charge in [-0.25, -0.2) is 9.97 Å². The Bertz CT molecular complexity index is 356. The van der Waals surface area contributed by atoms with Gasteiger partial charge in [-0.15, -0.1) is 0 Å². The molecule has 1 aliphatic carbocycles. The molecular formula is C12H18N2O2. The highest BCUT2D eigenvalue weighted by molar-refractivity contribution is 5.06. The average molecular weight is 222 g/mol. The van der Waals surface area contributed by atoms with Crippen LogP contribution in [0.15, 0.2) is 12.3 Å². The van der Waals surface area contributed by atoms with Gasteiger partial charge in [-0.3, -0.25) is 0 Å². The molecule has 0 radical (unpaired) electrons. The van der Waals surface area contributed by atoms with Crippen molar-refractivity contribution in [2.75, 3.05) is 0 Å². The summed E-state index contributed by atoms with van der Waals surface area (Å²) in [5.41, 5.74) is 0.146. The van der Waals surface area contributed by atoms with Crippen molar-refractivity contribution < 1.29 is 10.2 Å². The fraction of sp³-hybridized carbons (Fsp3) is 0.667. The topological polar surface area (TPSA) is 66.2 Å². The molecule has 88 valence electrons. The number of hydrogen-bond acceptors (Lipinski definition) is 4. The van der Waals surface area contributed by atoms with Gasteiger partial charge in [0.2, 0.25) is 0 Å². The number of aromatic nitrogens is 2. The van der Waals surface area contributed by atoms with Gasteiger partial charge < -0.3 is 10.2 Å². The Labute approximate surface area is 95.4 Å². The van der Waals surface area contributed by atoms with E-state index in [1.165, 1.54) is 0 Å². The van der Waals surface area contributed by atoms with Crippen LogP contribution in [0.5, 0.6) is 0 Å². The van der Waals surface area contributed by atoms with E-state index in [2.05, 4.69) is 9.97 Å². The fourth-order valence-corrected chi connectivity index (χ4v) is 2.20. The van der Waals surface area contributed by atoms with Crippen molar-refractivity contribution in [3.05, 3.63) is 23.8 Å². The maximum atomic E-state index is 9.86. The first-order valence-corrected chi connectivity index (χ1v) is 5.76. The summed E-state index contributed by atoms with van der Waals surface area (Å²) < 4.78 is 0. The van der Waals surface area contributed by atoms with Crippen molar-refractivity contribution in [3.63, 3.8) is 0 Å². The molecule has 2 N–H and O–H groups in total. The average Bonchev–Trinajstić information content (AvgIpc) is 2.29. The summed E-state index contributed by atoms with van der Waals surface area (Å²) in [6, 6.07) is 1.72. The first kappa shape index (κ1) is 11.5. The molecular weight excluding hydrogens is 204 g/mol. The van der Waals surface area contributed by atoms with Crippen molar-refractivity contribution in [3.8, 4) is 0 Å². The molecule has 1 aliphatic rings. The van der Waals surface area contributed by atoms with Crippen LogP contribution in [0.1, 0.15) is 50.0 Å². The maximum absolute atomic E-state index is 9.86. The summed E-state index contributed by atoms with van der Waals surface area (Å²) in [4.78, 5) is 8.57. The van der Waals surface area contributed by atoms with E-state index >= 15 is 0 Å². The molecule has 0 aromatic carbocycles. The third-order valence-electron chi connectivity index (χ3n) is 3.32. The SMILES string of the molecule is CC1(O)CCC(c2nccc(CO)n2)CC1. The number of rotatable bonds is 2. The van der Waals surface area contributed by atoms with Gasteiger partial charge in [0.1, 0.15) is 5.82 Å². The molecule has 4 heteroatoms. The molecule has 0 amide bonds. The van der Waals surface area contributed by atoms with E-state index in [0.29, 0.717) is 11.6 Å². The van der Waals surface area contributed by atoms with E-state index in [0.717, 1.165) is 31.5 Å². The normalized spacial score (nSPS) is 30.3. The molecule has 0 spiro atoms. The van der Waals surface area contributed by atoms with Crippen LogP contribution in [0.4, 0.5) is 0 Å². The predicted molar refractivity (Wildman–Crippen MR) is 59.8 cm³/mol. The van der Waals surface area contributed by atoms with Gasteiger partial charge in [-0.05, 0) is 38.7 Å². The monoisotopic (exact) mass is 222 g/mol. The van der Waals surface area contributed by atoms with E-state index in [4.69, 9.17) is 5.11 Å². The summed E-state index contributed by atoms with van der Waals surface area (Å²) in [5.74, 6) is 1.13. The van der Waals surface area contributed by atoms with E-state index < -0.39 is 5.60 Å². The molecule has 1 aromatic rings. The molecule has 0 unspecified atom stereocenters. The smallest absolute Gasteiger partial charge is 0.131 e. The summed E-state index contributed by atoms with van der Waals surface area (Å²) in [7, 11) is 0. The maximum Gasteiger partial charge on any atom is 0.131 e.